The van der Waals surface area contributed by atoms with E-state index in [0.717, 1.165) is 5.69 Å². The molecular weight excluding hydrogens is 206 g/mol. The molecule has 0 aliphatic heterocycles. The van der Waals surface area contributed by atoms with E-state index >= 15 is 0 Å². The van der Waals surface area contributed by atoms with E-state index in [4.69, 9.17) is 11.6 Å². The van der Waals surface area contributed by atoms with Crippen molar-refractivity contribution >= 4 is 11.6 Å². The molecule has 0 saturated heterocycles. The topological polar surface area (TPSA) is 12.9 Å². The number of pyridine rings is 1. The molecule has 15 heavy (non-hydrogen) atoms. The summed E-state index contributed by atoms with van der Waals surface area (Å²) in [6, 6.07) is 3.59. The molecule has 1 aromatic rings. The second kappa shape index (κ2) is 5.19. The molecule has 1 fully saturated rings. The lowest BCUT2D eigenvalue weighted by Gasteiger charge is -2.15. The van der Waals surface area contributed by atoms with E-state index in [2.05, 4.69) is 16.8 Å². The van der Waals surface area contributed by atoms with Crippen LogP contribution in [0.25, 0.3) is 0 Å². The maximum absolute atomic E-state index is 5.86. The van der Waals surface area contributed by atoms with Crippen molar-refractivity contribution in [1.82, 2.24) is 4.98 Å². The summed E-state index contributed by atoms with van der Waals surface area (Å²) in [6.45, 7) is 0. The van der Waals surface area contributed by atoms with E-state index in [9.17, 15) is 0 Å². The van der Waals surface area contributed by atoms with Crippen molar-refractivity contribution in [2.45, 2.75) is 32.1 Å². The van der Waals surface area contributed by atoms with Gasteiger partial charge in [-0.2, -0.15) is 0 Å². The minimum Gasteiger partial charge on any atom is -0.248 e. The summed E-state index contributed by atoms with van der Waals surface area (Å²) in [5, 5.41) is 0.706. The first kappa shape index (κ1) is 10.5. The van der Waals surface area contributed by atoms with E-state index in [1.54, 1.807) is 12.3 Å². The van der Waals surface area contributed by atoms with Gasteiger partial charge in [0.1, 0.15) is 5.69 Å². The Balaban J connectivity index is 2.03. The monoisotopic (exact) mass is 219 g/mol. The van der Waals surface area contributed by atoms with Gasteiger partial charge in [0.15, 0.2) is 0 Å². The van der Waals surface area contributed by atoms with E-state index in [0.29, 0.717) is 10.9 Å². The minimum atomic E-state index is 0.569. The zero-order chi connectivity index (χ0) is 10.5. The SMILES string of the molecule is Clc1ccnc(C#CC2CCCCC2)c1. The number of nitrogens with zero attached hydrogens (tertiary/aromatic N) is 1. The van der Waals surface area contributed by atoms with Crippen molar-refractivity contribution in [3.05, 3.63) is 29.0 Å². The van der Waals surface area contributed by atoms with Crippen molar-refractivity contribution < 1.29 is 0 Å². The Hall–Kier alpha value is -1.00. The minimum absolute atomic E-state index is 0.569. The number of rotatable bonds is 0. The number of aromatic nitrogens is 1. The van der Waals surface area contributed by atoms with Gasteiger partial charge in [-0.25, -0.2) is 4.98 Å². The number of hydrogen-bond donors (Lipinski definition) is 0. The highest BCUT2D eigenvalue weighted by Gasteiger charge is 2.09. The molecule has 1 nitrogen and oxygen atoms in total. The molecule has 0 unspecified atom stereocenters. The molecule has 2 heteroatoms. The van der Waals surface area contributed by atoms with E-state index in [1.165, 1.54) is 32.1 Å². The summed E-state index contributed by atoms with van der Waals surface area (Å²) in [6.07, 6.45) is 8.20. The third kappa shape index (κ3) is 3.25. The van der Waals surface area contributed by atoms with Crippen molar-refractivity contribution in [1.29, 1.82) is 0 Å². The first-order valence-corrected chi connectivity index (χ1v) is 5.85. The van der Waals surface area contributed by atoms with Crippen molar-refractivity contribution in [2.24, 2.45) is 5.92 Å². The Bertz CT molecular complexity index is 383. The summed E-state index contributed by atoms with van der Waals surface area (Å²) in [7, 11) is 0. The van der Waals surface area contributed by atoms with Gasteiger partial charge in [0.25, 0.3) is 0 Å². The molecule has 0 bridgehead atoms. The van der Waals surface area contributed by atoms with Gasteiger partial charge in [0.2, 0.25) is 0 Å². The van der Waals surface area contributed by atoms with E-state index < -0.39 is 0 Å². The van der Waals surface area contributed by atoms with Gasteiger partial charge in [-0.1, -0.05) is 36.8 Å². The largest absolute Gasteiger partial charge is 0.248 e. The molecule has 0 amide bonds. The molecule has 0 N–H and O–H groups in total. The average Bonchev–Trinajstić information content (AvgIpc) is 2.28. The van der Waals surface area contributed by atoms with Crippen LogP contribution in [-0.2, 0) is 0 Å². The maximum Gasteiger partial charge on any atom is 0.114 e. The lowest BCUT2D eigenvalue weighted by molar-refractivity contribution is 0.430. The van der Waals surface area contributed by atoms with Crippen LogP contribution in [0.4, 0.5) is 0 Å². The van der Waals surface area contributed by atoms with Crippen LogP contribution in [-0.4, -0.2) is 4.98 Å². The van der Waals surface area contributed by atoms with Crippen LogP contribution < -0.4 is 0 Å². The zero-order valence-electron chi connectivity index (χ0n) is 8.67. The molecule has 0 atom stereocenters. The highest BCUT2D eigenvalue weighted by atomic mass is 35.5. The second-order valence-electron chi connectivity index (χ2n) is 3.96. The normalized spacial score (nSPS) is 16.9. The fourth-order valence-corrected chi connectivity index (χ4v) is 2.06. The first-order valence-electron chi connectivity index (χ1n) is 5.48. The van der Waals surface area contributed by atoms with Gasteiger partial charge in [-0.15, -0.1) is 0 Å². The molecule has 1 heterocycles. The first-order chi connectivity index (χ1) is 7.34. The predicted molar refractivity (Wildman–Crippen MR) is 62.7 cm³/mol. The standard InChI is InChI=1S/C13H14ClN/c14-12-8-9-15-13(10-12)7-6-11-4-2-1-3-5-11/h8-11H,1-5H2. The second-order valence-corrected chi connectivity index (χ2v) is 4.40. The predicted octanol–water partition coefficient (Wildman–Crippen LogP) is 3.67. The van der Waals surface area contributed by atoms with Gasteiger partial charge in [-0.3, -0.25) is 0 Å². The van der Waals surface area contributed by atoms with Gasteiger partial charge >= 0.3 is 0 Å². The van der Waals surface area contributed by atoms with Crippen LogP contribution in [0.1, 0.15) is 37.8 Å². The molecular formula is C13H14ClN. The van der Waals surface area contributed by atoms with Crippen LogP contribution in [0.5, 0.6) is 0 Å². The molecule has 78 valence electrons. The Morgan fingerprint density at radius 1 is 1.27 bits per heavy atom. The van der Waals surface area contributed by atoms with Crippen LogP contribution >= 0.6 is 11.6 Å². The quantitative estimate of drug-likeness (QED) is 0.607. The summed E-state index contributed by atoms with van der Waals surface area (Å²) in [4.78, 5) is 4.17. The summed E-state index contributed by atoms with van der Waals surface area (Å²) in [5.74, 6) is 6.97. The summed E-state index contributed by atoms with van der Waals surface area (Å²) >= 11 is 5.86. The Labute approximate surface area is 95.9 Å². The number of hydrogen-bond acceptors (Lipinski definition) is 1. The fourth-order valence-electron chi connectivity index (χ4n) is 1.90. The third-order valence-corrected chi connectivity index (χ3v) is 2.97. The molecule has 1 aliphatic rings. The Morgan fingerprint density at radius 3 is 2.80 bits per heavy atom. The highest BCUT2D eigenvalue weighted by Crippen LogP contribution is 2.22. The van der Waals surface area contributed by atoms with Crippen molar-refractivity contribution in [3.8, 4) is 11.8 Å². The van der Waals surface area contributed by atoms with Crippen molar-refractivity contribution in [3.63, 3.8) is 0 Å². The average molecular weight is 220 g/mol. The fraction of sp³-hybridized carbons (Fsp3) is 0.462. The van der Waals surface area contributed by atoms with Crippen molar-refractivity contribution in [2.75, 3.05) is 0 Å². The third-order valence-electron chi connectivity index (χ3n) is 2.73. The van der Waals surface area contributed by atoms with Crippen LogP contribution in [0.2, 0.25) is 5.02 Å². The van der Waals surface area contributed by atoms with Gasteiger partial charge < -0.3 is 0 Å². The Morgan fingerprint density at radius 2 is 2.07 bits per heavy atom. The summed E-state index contributed by atoms with van der Waals surface area (Å²) < 4.78 is 0. The summed E-state index contributed by atoms with van der Waals surface area (Å²) in [5.41, 5.74) is 0.785. The molecule has 0 aromatic carbocycles. The van der Waals surface area contributed by atoms with E-state index in [1.807, 2.05) is 6.07 Å². The smallest absolute Gasteiger partial charge is 0.114 e. The Kier molecular flexibility index (Phi) is 3.64. The van der Waals surface area contributed by atoms with Gasteiger partial charge in [-0.05, 0) is 30.9 Å². The van der Waals surface area contributed by atoms with E-state index in [-0.39, 0.29) is 0 Å². The molecule has 0 radical (unpaired) electrons. The lowest BCUT2D eigenvalue weighted by atomic mass is 9.90. The molecule has 0 spiro atoms. The molecule has 1 aromatic heterocycles. The highest BCUT2D eigenvalue weighted by molar-refractivity contribution is 6.30. The van der Waals surface area contributed by atoms with Crippen LogP contribution in [0.3, 0.4) is 0 Å². The molecule has 2 rings (SSSR count). The number of halogens is 1. The zero-order valence-corrected chi connectivity index (χ0v) is 9.43. The molecule has 1 saturated carbocycles. The van der Waals surface area contributed by atoms with Gasteiger partial charge in [0, 0.05) is 17.1 Å². The molecule has 1 aliphatic carbocycles. The lowest BCUT2D eigenvalue weighted by Crippen LogP contribution is -2.03. The van der Waals surface area contributed by atoms with Crippen LogP contribution in [0, 0.1) is 17.8 Å². The van der Waals surface area contributed by atoms with Gasteiger partial charge in [0.05, 0.1) is 0 Å². The maximum atomic E-state index is 5.86. The van der Waals surface area contributed by atoms with Crippen LogP contribution in [0.15, 0.2) is 18.3 Å².